The van der Waals surface area contributed by atoms with Crippen molar-refractivity contribution in [2.24, 2.45) is 0 Å². The highest BCUT2D eigenvalue weighted by molar-refractivity contribution is 7.47. The number of likely N-dealkylation sites (N-methyl/N-ethyl adjacent to an activating group) is 1. The number of phosphoric acid groups is 1. The van der Waals surface area contributed by atoms with Crippen LogP contribution in [0.5, 0.6) is 0 Å². The molecule has 0 saturated carbocycles. The van der Waals surface area contributed by atoms with Crippen LogP contribution in [0.3, 0.4) is 0 Å². The Morgan fingerprint density at radius 2 is 0.635 bits per heavy atom. The summed E-state index contributed by atoms with van der Waals surface area (Å²) >= 11 is 0. The van der Waals surface area contributed by atoms with Gasteiger partial charge < -0.3 is 18.9 Å². The van der Waals surface area contributed by atoms with E-state index in [0.29, 0.717) is 23.9 Å². The highest BCUT2D eigenvalue weighted by Crippen LogP contribution is 2.43. The van der Waals surface area contributed by atoms with Crippen molar-refractivity contribution in [1.29, 1.82) is 0 Å². The lowest BCUT2D eigenvalue weighted by Gasteiger charge is -2.24. The molecule has 0 amide bonds. The zero-order valence-corrected chi connectivity index (χ0v) is 58.3. The molecule has 0 aliphatic carbocycles. The molecule has 0 saturated heterocycles. The Balaban J connectivity index is 3.91. The number of esters is 2. The van der Waals surface area contributed by atoms with Gasteiger partial charge in [-0.25, -0.2) is 4.57 Å². The Kier molecular flexibility index (Phi) is 65.3. The molecule has 1 N–H and O–H groups in total. The Bertz CT molecular complexity index is 1530. The van der Waals surface area contributed by atoms with E-state index in [-0.39, 0.29) is 25.6 Å². The standard InChI is InChI=1S/C75H144NO8P/c1-6-8-10-12-14-16-18-20-22-24-26-28-30-31-32-33-34-35-36-37-38-39-40-41-42-43-44-45-46-48-50-52-54-56-58-60-62-64-66-68-75(78)84-73(72-83-85(79,80)82-70-69-76(3,4)5)71-81-74(77)67-65-63-61-59-57-55-53-51-49-47-29-27-25-23-21-19-17-15-13-11-9-7-2/h18,20,24,26,30-31,73H,6-17,19,21-23,25,27-29,32-72H2,1-5H3/p+1/b20-18-,26-24-,31-30-. The third kappa shape index (κ3) is 71.2. The van der Waals surface area contributed by atoms with Crippen molar-refractivity contribution in [3.05, 3.63) is 36.5 Å². The van der Waals surface area contributed by atoms with E-state index in [9.17, 15) is 19.0 Å². The van der Waals surface area contributed by atoms with E-state index in [0.717, 1.165) is 44.9 Å². The highest BCUT2D eigenvalue weighted by atomic mass is 31.2. The average molecular weight is 1220 g/mol. The molecule has 0 bridgehead atoms. The van der Waals surface area contributed by atoms with Gasteiger partial charge in [0.1, 0.15) is 19.8 Å². The fourth-order valence-corrected chi connectivity index (χ4v) is 11.9. The number of allylic oxidation sites excluding steroid dienone is 6. The first-order chi connectivity index (χ1) is 41.5. The maximum Gasteiger partial charge on any atom is 0.472 e. The summed E-state index contributed by atoms with van der Waals surface area (Å²) in [5.41, 5.74) is 0. The van der Waals surface area contributed by atoms with Crippen molar-refractivity contribution >= 4 is 19.8 Å². The smallest absolute Gasteiger partial charge is 0.462 e. The summed E-state index contributed by atoms with van der Waals surface area (Å²) in [5.74, 6) is -0.772. The zero-order chi connectivity index (χ0) is 61.9. The Labute approximate surface area is 529 Å². The first-order valence-corrected chi connectivity index (χ1v) is 38.7. The van der Waals surface area contributed by atoms with Gasteiger partial charge in [0.15, 0.2) is 6.10 Å². The summed E-state index contributed by atoms with van der Waals surface area (Å²) in [6, 6.07) is 0. The van der Waals surface area contributed by atoms with Crippen LogP contribution in [0.15, 0.2) is 36.5 Å². The number of nitrogens with zero attached hydrogens (tertiary/aromatic N) is 1. The molecule has 0 aromatic heterocycles. The van der Waals surface area contributed by atoms with E-state index in [1.807, 2.05) is 21.1 Å². The van der Waals surface area contributed by atoms with Gasteiger partial charge in [-0.15, -0.1) is 0 Å². The van der Waals surface area contributed by atoms with Crippen molar-refractivity contribution in [3.8, 4) is 0 Å². The van der Waals surface area contributed by atoms with Gasteiger partial charge in [-0.1, -0.05) is 352 Å². The molecule has 0 fully saturated rings. The molecule has 0 aromatic carbocycles. The van der Waals surface area contributed by atoms with Crippen LogP contribution in [0.1, 0.15) is 380 Å². The van der Waals surface area contributed by atoms with Crippen LogP contribution in [0.4, 0.5) is 0 Å². The molecule has 2 unspecified atom stereocenters. The summed E-state index contributed by atoms with van der Waals surface area (Å²) in [6.07, 6.45) is 85.6. The number of ether oxygens (including phenoxy) is 2. The van der Waals surface area contributed by atoms with Crippen molar-refractivity contribution in [1.82, 2.24) is 0 Å². The summed E-state index contributed by atoms with van der Waals surface area (Å²) in [7, 11) is 1.50. The maximum atomic E-state index is 12.9. The average Bonchev–Trinajstić information content (AvgIpc) is 3.50. The second-order valence-corrected chi connectivity index (χ2v) is 28.1. The first-order valence-electron chi connectivity index (χ1n) is 37.2. The minimum atomic E-state index is -4.39. The molecule has 85 heavy (non-hydrogen) atoms. The number of carbonyl (C=O) groups excluding carboxylic acids is 2. The quantitative estimate of drug-likeness (QED) is 0.0211. The van der Waals surface area contributed by atoms with Crippen LogP contribution in [0, 0.1) is 0 Å². The fourth-order valence-electron chi connectivity index (χ4n) is 11.2. The topological polar surface area (TPSA) is 108 Å². The largest absolute Gasteiger partial charge is 0.472 e. The van der Waals surface area contributed by atoms with Gasteiger partial charge in [0, 0.05) is 12.8 Å². The molecular formula is C75H145NO8P+. The summed E-state index contributed by atoms with van der Waals surface area (Å²) in [4.78, 5) is 35.9. The Morgan fingerprint density at radius 3 is 0.941 bits per heavy atom. The van der Waals surface area contributed by atoms with Crippen LogP contribution < -0.4 is 0 Å². The lowest BCUT2D eigenvalue weighted by atomic mass is 10.0. The van der Waals surface area contributed by atoms with Gasteiger partial charge in [-0.3, -0.25) is 18.6 Å². The first kappa shape index (κ1) is 83.2. The predicted molar refractivity (Wildman–Crippen MR) is 367 cm³/mol. The number of rotatable bonds is 70. The number of hydrogen-bond donors (Lipinski definition) is 1. The molecular weight excluding hydrogens is 1070 g/mol. The third-order valence-electron chi connectivity index (χ3n) is 16.9. The molecule has 9 nitrogen and oxygen atoms in total. The molecule has 0 spiro atoms. The molecule has 0 rings (SSSR count). The second-order valence-electron chi connectivity index (χ2n) is 26.7. The van der Waals surface area contributed by atoms with E-state index in [4.69, 9.17) is 18.5 Å². The molecule has 0 heterocycles. The normalized spacial score (nSPS) is 13.2. The lowest BCUT2D eigenvalue weighted by molar-refractivity contribution is -0.870. The lowest BCUT2D eigenvalue weighted by Crippen LogP contribution is -2.37. The molecule has 0 radical (unpaired) electrons. The Morgan fingerprint density at radius 1 is 0.365 bits per heavy atom. The Hall–Kier alpha value is -1.77. The summed E-state index contributed by atoms with van der Waals surface area (Å²) in [5, 5.41) is 0. The van der Waals surface area contributed by atoms with E-state index in [1.165, 1.54) is 302 Å². The van der Waals surface area contributed by atoms with Gasteiger partial charge >= 0.3 is 19.8 Å². The fraction of sp³-hybridized carbons (Fsp3) is 0.893. The van der Waals surface area contributed by atoms with Crippen LogP contribution in [-0.4, -0.2) is 74.9 Å². The van der Waals surface area contributed by atoms with Gasteiger partial charge in [0.2, 0.25) is 0 Å². The molecule has 502 valence electrons. The number of unbranched alkanes of at least 4 members (excludes halogenated alkanes) is 50. The van der Waals surface area contributed by atoms with Crippen LogP contribution in [0.2, 0.25) is 0 Å². The van der Waals surface area contributed by atoms with Crippen LogP contribution in [0.25, 0.3) is 0 Å². The monoisotopic (exact) mass is 1220 g/mol. The minimum absolute atomic E-state index is 0.0357. The molecule has 10 heteroatoms. The van der Waals surface area contributed by atoms with Crippen LogP contribution in [-0.2, 0) is 32.7 Å². The summed E-state index contributed by atoms with van der Waals surface area (Å²) < 4.78 is 34.8. The number of hydrogen-bond acceptors (Lipinski definition) is 7. The number of quaternary nitrogens is 1. The highest BCUT2D eigenvalue weighted by Gasteiger charge is 2.27. The molecule has 0 aliphatic rings. The van der Waals surface area contributed by atoms with Crippen LogP contribution >= 0.6 is 7.82 Å². The van der Waals surface area contributed by atoms with E-state index in [2.05, 4.69) is 50.3 Å². The van der Waals surface area contributed by atoms with E-state index in [1.54, 1.807) is 0 Å². The zero-order valence-electron chi connectivity index (χ0n) is 57.4. The minimum Gasteiger partial charge on any atom is -0.462 e. The van der Waals surface area contributed by atoms with Crippen molar-refractivity contribution < 1.29 is 42.1 Å². The molecule has 0 aromatic rings. The third-order valence-corrected chi connectivity index (χ3v) is 17.9. The van der Waals surface area contributed by atoms with E-state index >= 15 is 0 Å². The van der Waals surface area contributed by atoms with Gasteiger partial charge in [-0.2, -0.15) is 0 Å². The maximum absolute atomic E-state index is 12.9. The van der Waals surface area contributed by atoms with Gasteiger partial charge in [0.05, 0.1) is 27.7 Å². The van der Waals surface area contributed by atoms with Gasteiger partial charge in [-0.05, 0) is 51.4 Å². The van der Waals surface area contributed by atoms with E-state index < -0.39 is 26.5 Å². The SMILES string of the molecule is CCCCCCC/C=C\C/C=C\C/C=C\CCCCCCCCCCCCCCCCCCCCCCCCCCC(=O)OC(COC(=O)CCCCCCCCCCCCCCCCCCCCCCCC)COP(=O)(O)OCC[N+](C)(C)C. The predicted octanol–water partition coefficient (Wildman–Crippen LogP) is 24.2. The summed E-state index contributed by atoms with van der Waals surface area (Å²) in [6.45, 7) is 4.50. The van der Waals surface area contributed by atoms with Crippen molar-refractivity contribution in [2.45, 2.75) is 386 Å². The van der Waals surface area contributed by atoms with Crippen molar-refractivity contribution in [2.75, 3.05) is 47.5 Å². The molecule has 0 aliphatic heterocycles. The molecule has 2 atom stereocenters. The van der Waals surface area contributed by atoms with Gasteiger partial charge in [0.25, 0.3) is 0 Å². The number of phosphoric ester groups is 1. The second kappa shape index (κ2) is 66.6. The van der Waals surface area contributed by atoms with Crippen molar-refractivity contribution in [3.63, 3.8) is 0 Å². The number of carbonyl (C=O) groups is 2.